The number of hydrogen-bond acceptors (Lipinski definition) is 10. The van der Waals surface area contributed by atoms with E-state index in [1.807, 2.05) is 18.2 Å². The molecule has 2 heterocycles. The van der Waals surface area contributed by atoms with Gasteiger partial charge in [-0.25, -0.2) is 4.98 Å². The van der Waals surface area contributed by atoms with Crippen molar-refractivity contribution in [3.63, 3.8) is 0 Å². The zero-order valence-corrected chi connectivity index (χ0v) is 29.7. The van der Waals surface area contributed by atoms with E-state index in [1.54, 1.807) is 43.8 Å². The van der Waals surface area contributed by atoms with Crippen LogP contribution in [0.5, 0.6) is 5.75 Å². The van der Waals surface area contributed by atoms with Crippen LogP contribution in [0.15, 0.2) is 61.2 Å². The number of rotatable bonds is 20. The maximum atomic E-state index is 14.5. The van der Waals surface area contributed by atoms with Gasteiger partial charge in [0.2, 0.25) is 17.7 Å². The standard InChI is InChI=1S/C38H55N7O6/c1-51-30-16-13-27(14-17-30)21-31(40)38(50)45(35(47)12-5-7-19-39)33(23-29-24-41-25-43-29)37(49)44-32(22-26-9-3-2-4-10-26)36(48)34(46)18-15-28-11-6-8-20-42-28/h6,8,11,13-14,16-17,20,24-26,31-34,36,46,48H,2-5,7,9-10,12,15,18-19,21-23,39-40H2,1H3,(H,41,43)(H,44,49)/t31?,32-,33?,34-,36+/m0/s1. The molecule has 1 saturated carbocycles. The number of aromatic nitrogens is 3. The lowest BCUT2D eigenvalue weighted by Crippen LogP contribution is -2.60. The summed E-state index contributed by atoms with van der Waals surface area (Å²) >= 11 is 0. The van der Waals surface area contributed by atoms with Crippen LogP contribution in [0.1, 0.15) is 81.2 Å². The number of benzene rings is 1. The molecular weight excluding hydrogens is 650 g/mol. The fraction of sp³-hybridized carbons (Fsp3) is 0.553. The number of imidazole rings is 1. The molecular formula is C38H55N7O6. The van der Waals surface area contributed by atoms with Crippen LogP contribution < -0.4 is 21.5 Å². The normalized spacial score (nSPS) is 16.4. The molecule has 1 aliphatic rings. The number of methoxy groups -OCH3 is 1. The van der Waals surface area contributed by atoms with Crippen LogP contribution in [0, 0.1) is 5.92 Å². The maximum absolute atomic E-state index is 14.5. The van der Waals surface area contributed by atoms with E-state index in [4.69, 9.17) is 16.2 Å². The summed E-state index contributed by atoms with van der Waals surface area (Å²) in [5.74, 6) is -0.988. The number of carbonyl (C=O) groups is 3. The minimum absolute atomic E-state index is 0.0110. The Labute approximate surface area is 300 Å². The van der Waals surface area contributed by atoms with Crippen molar-refractivity contribution in [1.29, 1.82) is 0 Å². The Kier molecular flexibility index (Phi) is 16.0. The van der Waals surface area contributed by atoms with E-state index in [2.05, 4.69) is 20.3 Å². The van der Waals surface area contributed by atoms with E-state index in [9.17, 15) is 24.6 Å². The highest BCUT2D eigenvalue weighted by Gasteiger charge is 2.40. The molecule has 13 heteroatoms. The van der Waals surface area contributed by atoms with Gasteiger partial charge in [0.25, 0.3) is 0 Å². The second-order valence-corrected chi connectivity index (χ2v) is 13.6. The molecule has 0 spiro atoms. The highest BCUT2D eigenvalue weighted by atomic mass is 16.5. The predicted octanol–water partition coefficient (Wildman–Crippen LogP) is 2.59. The van der Waals surface area contributed by atoms with Gasteiger partial charge in [0.1, 0.15) is 17.9 Å². The van der Waals surface area contributed by atoms with E-state index in [0.717, 1.165) is 48.3 Å². The number of ether oxygens (including phenoxy) is 1. The Balaban J connectivity index is 1.62. The molecule has 13 nitrogen and oxygen atoms in total. The first kappa shape index (κ1) is 39.6. The smallest absolute Gasteiger partial charge is 0.247 e. The first-order chi connectivity index (χ1) is 24.7. The maximum Gasteiger partial charge on any atom is 0.247 e. The number of nitrogens with two attached hydrogens (primary N) is 2. The Morgan fingerprint density at radius 3 is 2.43 bits per heavy atom. The number of aryl methyl sites for hydroxylation is 1. The van der Waals surface area contributed by atoms with Gasteiger partial charge in [0.15, 0.2) is 0 Å². The van der Waals surface area contributed by atoms with Crippen molar-refractivity contribution in [3.05, 3.63) is 78.1 Å². The van der Waals surface area contributed by atoms with Crippen LogP contribution in [0.2, 0.25) is 0 Å². The van der Waals surface area contributed by atoms with Gasteiger partial charge < -0.3 is 36.7 Å². The number of hydrogen-bond donors (Lipinski definition) is 6. The monoisotopic (exact) mass is 705 g/mol. The molecule has 51 heavy (non-hydrogen) atoms. The number of amides is 3. The fourth-order valence-corrected chi connectivity index (χ4v) is 6.80. The van der Waals surface area contributed by atoms with Crippen LogP contribution in [0.25, 0.3) is 0 Å². The molecule has 0 bridgehead atoms. The highest BCUT2D eigenvalue weighted by molar-refractivity contribution is 6.02. The van der Waals surface area contributed by atoms with Gasteiger partial charge in [0.05, 0.1) is 37.3 Å². The van der Waals surface area contributed by atoms with E-state index >= 15 is 0 Å². The highest BCUT2D eigenvalue weighted by Crippen LogP contribution is 2.29. The van der Waals surface area contributed by atoms with Crippen LogP contribution in [0.4, 0.5) is 0 Å². The van der Waals surface area contributed by atoms with Crippen LogP contribution in [-0.2, 0) is 33.6 Å². The topological polar surface area (TPSA) is 210 Å². The lowest BCUT2D eigenvalue weighted by atomic mass is 9.82. The van der Waals surface area contributed by atoms with E-state index in [0.29, 0.717) is 43.7 Å². The summed E-state index contributed by atoms with van der Waals surface area (Å²) < 4.78 is 5.24. The van der Waals surface area contributed by atoms with Gasteiger partial charge in [-0.2, -0.15) is 0 Å². The zero-order valence-electron chi connectivity index (χ0n) is 29.7. The van der Waals surface area contributed by atoms with Gasteiger partial charge in [-0.1, -0.05) is 50.3 Å². The number of pyridine rings is 1. The Morgan fingerprint density at radius 1 is 1.02 bits per heavy atom. The van der Waals surface area contributed by atoms with Gasteiger partial charge in [0, 0.05) is 30.9 Å². The molecule has 278 valence electrons. The van der Waals surface area contributed by atoms with Crippen molar-refractivity contribution in [1.82, 2.24) is 25.2 Å². The second-order valence-electron chi connectivity index (χ2n) is 13.6. The summed E-state index contributed by atoms with van der Waals surface area (Å²) in [6.45, 7) is 0.374. The molecule has 1 aromatic carbocycles. The Bertz CT molecular complexity index is 1470. The summed E-state index contributed by atoms with van der Waals surface area (Å²) in [6, 6.07) is 9.36. The van der Waals surface area contributed by atoms with E-state index in [1.165, 1.54) is 6.33 Å². The first-order valence-electron chi connectivity index (χ1n) is 18.2. The van der Waals surface area contributed by atoms with Crippen LogP contribution in [-0.4, -0.2) is 91.8 Å². The number of aliphatic hydroxyl groups is 2. The molecule has 5 atom stereocenters. The van der Waals surface area contributed by atoms with Crippen molar-refractivity contribution < 1.29 is 29.3 Å². The molecule has 3 aromatic rings. The second kappa shape index (κ2) is 20.6. The first-order valence-corrected chi connectivity index (χ1v) is 18.2. The van der Waals surface area contributed by atoms with Crippen LogP contribution >= 0.6 is 0 Å². The largest absolute Gasteiger partial charge is 0.497 e. The summed E-state index contributed by atoms with van der Waals surface area (Å²) in [6.07, 6.45) is 9.57. The van der Waals surface area contributed by atoms with Crippen molar-refractivity contribution in [2.24, 2.45) is 17.4 Å². The van der Waals surface area contributed by atoms with Crippen molar-refractivity contribution >= 4 is 17.7 Å². The Morgan fingerprint density at radius 2 is 1.78 bits per heavy atom. The summed E-state index contributed by atoms with van der Waals surface area (Å²) in [4.78, 5) is 55.1. The molecule has 2 aromatic heterocycles. The number of nitrogens with one attached hydrogen (secondary N) is 2. The average Bonchev–Trinajstić information content (AvgIpc) is 3.67. The summed E-state index contributed by atoms with van der Waals surface area (Å²) in [5, 5.41) is 25.8. The van der Waals surface area contributed by atoms with Crippen molar-refractivity contribution in [2.45, 2.75) is 114 Å². The molecule has 0 radical (unpaired) electrons. The third-order valence-corrected chi connectivity index (χ3v) is 9.72. The fourth-order valence-electron chi connectivity index (χ4n) is 6.80. The molecule has 2 unspecified atom stereocenters. The molecule has 3 amide bonds. The van der Waals surface area contributed by atoms with Gasteiger partial charge >= 0.3 is 0 Å². The third kappa shape index (κ3) is 12.2. The van der Waals surface area contributed by atoms with Gasteiger partial charge in [-0.05, 0) is 80.8 Å². The minimum Gasteiger partial charge on any atom is -0.497 e. The molecule has 0 saturated heterocycles. The number of imide groups is 1. The van der Waals surface area contributed by atoms with E-state index in [-0.39, 0.29) is 31.6 Å². The SMILES string of the molecule is COc1ccc(CC(N)C(=O)N(C(=O)CCCCN)C(Cc2c[nH]cn2)C(=O)N[C@@H](CC2CCCCC2)[C@@H](O)[C@@H](O)CCc2ccccn2)cc1. The number of aromatic amines is 1. The number of carbonyl (C=O) groups excluding carboxylic acids is 3. The van der Waals surface area contributed by atoms with Crippen molar-refractivity contribution in [2.75, 3.05) is 13.7 Å². The third-order valence-electron chi connectivity index (χ3n) is 9.72. The summed E-state index contributed by atoms with van der Waals surface area (Å²) in [7, 11) is 1.56. The van der Waals surface area contributed by atoms with Gasteiger partial charge in [-0.15, -0.1) is 0 Å². The quantitative estimate of drug-likeness (QED) is 0.0947. The molecule has 1 fully saturated rings. The van der Waals surface area contributed by atoms with Gasteiger partial charge in [-0.3, -0.25) is 24.3 Å². The minimum atomic E-state index is -1.32. The molecule has 0 aliphatic heterocycles. The lowest BCUT2D eigenvalue weighted by Gasteiger charge is -2.35. The van der Waals surface area contributed by atoms with E-state index < -0.39 is 48.1 Å². The average molecular weight is 706 g/mol. The number of aliphatic hydroxyl groups excluding tert-OH is 2. The summed E-state index contributed by atoms with van der Waals surface area (Å²) in [5.41, 5.74) is 14.2. The number of nitrogens with zero attached hydrogens (tertiary/aromatic N) is 3. The van der Waals surface area contributed by atoms with Crippen LogP contribution in [0.3, 0.4) is 0 Å². The molecule has 8 N–H and O–H groups in total. The molecule has 4 rings (SSSR count). The number of H-pyrrole nitrogens is 1. The van der Waals surface area contributed by atoms with Crippen molar-refractivity contribution in [3.8, 4) is 5.75 Å². The lowest BCUT2D eigenvalue weighted by molar-refractivity contribution is -0.153. The molecule has 1 aliphatic carbocycles. The number of unbranched alkanes of at least 4 members (excludes halogenated alkanes) is 1. The Hall–Kier alpha value is -4.17. The predicted molar refractivity (Wildman–Crippen MR) is 193 cm³/mol. The zero-order chi connectivity index (χ0) is 36.6.